The summed E-state index contributed by atoms with van der Waals surface area (Å²) < 4.78 is 1.13. The Morgan fingerprint density at radius 1 is 1.37 bits per heavy atom. The Labute approximate surface area is 122 Å². The van der Waals surface area contributed by atoms with Crippen LogP contribution in [-0.2, 0) is 0 Å². The highest BCUT2D eigenvalue weighted by Crippen LogP contribution is 2.42. The molecule has 1 N–H and O–H groups in total. The maximum Gasteiger partial charge on any atom is 0.0766 e. The fraction of sp³-hybridized carbons (Fsp3) is 0.438. The molecular formula is C16H19BrN2. The van der Waals surface area contributed by atoms with E-state index in [2.05, 4.69) is 53.3 Å². The van der Waals surface area contributed by atoms with Gasteiger partial charge in [-0.15, -0.1) is 0 Å². The first-order valence-electron chi connectivity index (χ1n) is 7.04. The van der Waals surface area contributed by atoms with E-state index >= 15 is 0 Å². The monoisotopic (exact) mass is 318 g/mol. The van der Waals surface area contributed by atoms with Gasteiger partial charge in [-0.3, -0.25) is 4.98 Å². The van der Waals surface area contributed by atoms with Crippen molar-refractivity contribution in [3.63, 3.8) is 0 Å². The van der Waals surface area contributed by atoms with E-state index in [1.807, 2.05) is 0 Å². The summed E-state index contributed by atoms with van der Waals surface area (Å²) in [5.74, 6) is 0.685. The third kappa shape index (κ3) is 2.48. The molecule has 3 rings (SSSR count). The Balaban J connectivity index is 2.20. The average molecular weight is 319 g/mol. The number of hydrogen-bond acceptors (Lipinski definition) is 2. The Kier molecular flexibility index (Phi) is 3.48. The summed E-state index contributed by atoms with van der Waals surface area (Å²) in [6, 6.07) is 6.51. The van der Waals surface area contributed by atoms with Crippen LogP contribution in [0.2, 0.25) is 0 Å². The molecule has 0 atom stereocenters. The summed E-state index contributed by atoms with van der Waals surface area (Å²) in [7, 11) is 0. The zero-order chi connectivity index (χ0) is 13.4. The summed E-state index contributed by atoms with van der Waals surface area (Å²) in [5.41, 5.74) is 4.87. The number of aryl methyl sites for hydroxylation is 1. The van der Waals surface area contributed by atoms with Crippen LogP contribution in [0.1, 0.15) is 43.4 Å². The van der Waals surface area contributed by atoms with E-state index in [1.165, 1.54) is 35.2 Å². The number of pyridine rings is 1. The number of aromatic nitrogens is 1. The van der Waals surface area contributed by atoms with Gasteiger partial charge in [-0.05, 0) is 43.9 Å². The predicted molar refractivity (Wildman–Crippen MR) is 84.9 cm³/mol. The van der Waals surface area contributed by atoms with Crippen LogP contribution in [0.3, 0.4) is 0 Å². The molecule has 2 nitrogen and oxygen atoms in total. The number of nitrogens with zero attached hydrogens (tertiary/aromatic N) is 1. The second-order valence-electron chi connectivity index (χ2n) is 5.38. The Bertz CT molecular complexity index is 618. The smallest absolute Gasteiger partial charge is 0.0766 e. The van der Waals surface area contributed by atoms with Crippen LogP contribution in [0.25, 0.3) is 10.9 Å². The van der Waals surface area contributed by atoms with Crippen molar-refractivity contribution in [1.29, 1.82) is 0 Å². The number of fused-ring (bicyclic) bond motifs is 1. The predicted octanol–water partition coefficient (Wildman–Crippen LogP) is 5.01. The standard InChI is InChI=1S/C16H19BrN2/c1-3-8-18-14-9-13(11-5-6-11)19-16-10(2)4-7-12(17)15(14)16/h4,7,9,11H,3,5-6,8H2,1-2H3,(H,18,19). The topological polar surface area (TPSA) is 24.9 Å². The summed E-state index contributed by atoms with van der Waals surface area (Å²) in [6.45, 7) is 5.34. The zero-order valence-corrected chi connectivity index (χ0v) is 13.0. The summed E-state index contributed by atoms with van der Waals surface area (Å²) in [5, 5.41) is 4.78. The van der Waals surface area contributed by atoms with Crippen molar-refractivity contribution in [2.45, 2.75) is 39.0 Å². The lowest BCUT2D eigenvalue weighted by Crippen LogP contribution is -2.03. The van der Waals surface area contributed by atoms with Crippen LogP contribution >= 0.6 is 15.9 Å². The summed E-state index contributed by atoms with van der Waals surface area (Å²) in [4.78, 5) is 4.90. The summed E-state index contributed by atoms with van der Waals surface area (Å²) in [6.07, 6.45) is 3.71. The van der Waals surface area contributed by atoms with Crippen molar-refractivity contribution in [3.05, 3.63) is 33.9 Å². The Morgan fingerprint density at radius 2 is 2.16 bits per heavy atom. The minimum absolute atomic E-state index is 0.685. The van der Waals surface area contributed by atoms with E-state index in [0.29, 0.717) is 5.92 Å². The second-order valence-corrected chi connectivity index (χ2v) is 6.24. The van der Waals surface area contributed by atoms with E-state index in [0.717, 1.165) is 23.0 Å². The van der Waals surface area contributed by atoms with Gasteiger partial charge in [0, 0.05) is 33.7 Å². The first-order valence-corrected chi connectivity index (χ1v) is 7.83. The summed E-state index contributed by atoms with van der Waals surface area (Å²) >= 11 is 3.67. The number of hydrogen-bond donors (Lipinski definition) is 1. The minimum atomic E-state index is 0.685. The first kappa shape index (κ1) is 12.9. The fourth-order valence-electron chi connectivity index (χ4n) is 2.44. The maximum absolute atomic E-state index is 4.90. The van der Waals surface area contributed by atoms with E-state index in [-0.39, 0.29) is 0 Å². The van der Waals surface area contributed by atoms with Gasteiger partial charge >= 0.3 is 0 Å². The number of nitrogens with one attached hydrogen (secondary N) is 1. The molecule has 0 spiro atoms. The van der Waals surface area contributed by atoms with Gasteiger partial charge in [0.1, 0.15) is 0 Å². The lowest BCUT2D eigenvalue weighted by molar-refractivity contribution is 0.976. The molecule has 0 aliphatic heterocycles. The van der Waals surface area contributed by atoms with Crippen LogP contribution in [0.5, 0.6) is 0 Å². The highest BCUT2D eigenvalue weighted by atomic mass is 79.9. The highest BCUT2D eigenvalue weighted by molar-refractivity contribution is 9.10. The largest absolute Gasteiger partial charge is 0.384 e. The molecule has 1 saturated carbocycles. The SMILES string of the molecule is CCCNc1cc(C2CC2)nc2c(C)ccc(Br)c12. The third-order valence-corrected chi connectivity index (χ3v) is 4.35. The molecule has 1 aliphatic rings. The number of halogens is 1. The van der Waals surface area contributed by atoms with E-state index in [4.69, 9.17) is 4.98 Å². The molecule has 1 aromatic carbocycles. The quantitative estimate of drug-likeness (QED) is 0.857. The molecule has 1 aliphatic carbocycles. The van der Waals surface area contributed by atoms with Gasteiger partial charge in [0.05, 0.1) is 5.52 Å². The van der Waals surface area contributed by atoms with Crippen LogP contribution in [0, 0.1) is 6.92 Å². The zero-order valence-electron chi connectivity index (χ0n) is 11.5. The first-order chi connectivity index (χ1) is 9.20. The molecule has 0 saturated heterocycles. The van der Waals surface area contributed by atoms with Crippen LogP contribution in [-0.4, -0.2) is 11.5 Å². The minimum Gasteiger partial charge on any atom is -0.384 e. The molecule has 1 aromatic heterocycles. The van der Waals surface area contributed by atoms with Gasteiger partial charge in [-0.2, -0.15) is 0 Å². The molecule has 100 valence electrons. The molecule has 0 amide bonds. The maximum atomic E-state index is 4.90. The normalized spacial score (nSPS) is 14.9. The third-order valence-electron chi connectivity index (χ3n) is 3.69. The molecule has 2 aromatic rings. The molecule has 0 radical (unpaired) electrons. The molecule has 3 heteroatoms. The van der Waals surface area contributed by atoms with Crippen molar-refractivity contribution in [3.8, 4) is 0 Å². The molecule has 0 bridgehead atoms. The highest BCUT2D eigenvalue weighted by Gasteiger charge is 2.26. The molecular weight excluding hydrogens is 300 g/mol. The number of anilines is 1. The van der Waals surface area contributed by atoms with Crippen LogP contribution < -0.4 is 5.32 Å². The van der Waals surface area contributed by atoms with Crippen molar-refractivity contribution < 1.29 is 0 Å². The Hall–Kier alpha value is -1.09. The van der Waals surface area contributed by atoms with Gasteiger partial charge in [0.2, 0.25) is 0 Å². The molecule has 1 fully saturated rings. The van der Waals surface area contributed by atoms with Gasteiger partial charge in [0.15, 0.2) is 0 Å². The van der Waals surface area contributed by atoms with E-state index in [9.17, 15) is 0 Å². The fourth-order valence-corrected chi connectivity index (χ4v) is 2.97. The lowest BCUT2D eigenvalue weighted by atomic mass is 10.1. The molecule has 1 heterocycles. The second kappa shape index (κ2) is 5.12. The molecule has 19 heavy (non-hydrogen) atoms. The number of benzene rings is 1. The lowest BCUT2D eigenvalue weighted by Gasteiger charge is -2.14. The van der Waals surface area contributed by atoms with Crippen LogP contribution in [0.4, 0.5) is 5.69 Å². The molecule has 0 unspecified atom stereocenters. The van der Waals surface area contributed by atoms with Gasteiger partial charge in [0.25, 0.3) is 0 Å². The van der Waals surface area contributed by atoms with Crippen molar-refractivity contribution in [1.82, 2.24) is 4.98 Å². The van der Waals surface area contributed by atoms with Gasteiger partial charge < -0.3 is 5.32 Å². The van der Waals surface area contributed by atoms with E-state index < -0.39 is 0 Å². The van der Waals surface area contributed by atoms with Crippen molar-refractivity contribution in [2.24, 2.45) is 0 Å². The van der Waals surface area contributed by atoms with E-state index in [1.54, 1.807) is 0 Å². The van der Waals surface area contributed by atoms with Gasteiger partial charge in [-0.25, -0.2) is 0 Å². The van der Waals surface area contributed by atoms with Crippen LogP contribution in [0.15, 0.2) is 22.7 Å². The number of rotatable bonds is 4. The van der Waals surface area contributed by atoms with Gasteiger partial charge in [-0.1, -0.05) is 28.9 Å². The van der Waals surface area contributed by atoms with Crippen molar-refractivity contribution >= 4 is 32.5 Å². The Morgan fingerprint density at radius 3 is 2.84 bits per heavy atom. The average Bonchev–Trinajstić information content (AvgIpc) is 3.24. The van der Waals surface area contributed by atoms with Crippen molar-refractivity contribution in [2.75, 3.05) is 11.9 Å².